The Morgan fingerprint density at radius 3 is 2.19 bits per heavy atom. The maximum absolute atomic E-state index is 3.53. The third-order valence-corrected chi connectivity index (χ3v) is 5.21. The molecule has 0 bridgehead atoms. The van der Waals surface area contributed by atoms with Gasteiger partial charge < -0.3 is 10.6 Å². The van der Waals surface area contributed by atoms with Crippen molar-refractivity contribution >= 4 is 30.5 Å². The highest BCUT2D eigenvalue weighted by molar-refractivity contribution is 5.85. The van der Waals surface area contributed by atoms with Gasteiger partial charge in [-0.1, -0.05) is 42.5 Å². The maximum Gasteiger partial charge on any atom is 0.0400 e. The van der Waals surface area contributed by atoms with Crippen molar-refractivity contribution in [2.45, 2.75) is 25.4 Å². The Bertz CT molecular complexity index is 638. The van der Waals surface area contributed by atoms with Crippen LogP contribution in [0.2, 0.25) is 0 Å². The van der Waals surface area contributed by atoms with Crippen molar-refractivity contribution in [2.24, 2.45) is 5.92 Å². The lowest BCUT2D eigenvalue weighted by Gasteiger charge is -2.35. The number of nitrogens with zero attached hydrogens (tertiary/aromatic N) is 1. The van der Waals surface area contributed by atoms with Gasteiger partial charge in [-0.15, -0.1) is 24.8 Å². The van der Waals surface area contributed by atoms with Crippen LogP contribution in [0.1, 0.15) is 30.0 Å². The molecule has 0 unspecified atom stereocenters. The standard InChI is InChI=1S/C21H27N3.2ClH/c1-2-4-17(5-3-1)16-23-20-10-8-19(9-11-20)21(18-6-7-18)24-14-12-22-13-15-24;;/h1-5,8-11,18,21-23H,6-7,12-16H2;2*1H/t21-;;/m0../s1. The van der Waals surface area contributed by atoms with Crippen LogP contribution < -0.4 is 10.6 Å². The van der Waals surface area contributed by atoms with Crippen molar-refractivity contribution in [1.82, 2.24) is 10.2 Å². The van der Waals surface area contributed by atoms with Gasteiger partial charge in [0.15, 0.2) is 0 Å². The molecule has 2 fully saturated rings. The molecule has 3 nitrogen and oxygen atoms in total. The molecule has 0 spiro atoms. The normalized spacial score (nSPS) is 18.3. The van der Waals surface area contributed by atoms with Crippen molar-refractivity contribution < 1.29 is 0 Å². The molecule has 142 valence electrons. The van der Waals surface area contributed by atoms with Gasteiger partial charge in [-0.2, -0.15) is 0 Å². The van der Waals surface area contributed by atoms with Gasteiger partial charge in [0, 0.05) is 44.5 Å². The van der Waals surface area contributed by atoms with Crippen molar-refractivity contribution in [2.75, 3.05) is 31.5 Å². The van der Waals surface area contributed by atoms with E-state index >= 15 is 0 Å². The summed E-state index contributed by atoms with van der Waals surface area (Å²) in [6, 6.07) is 20.3. The van der Waals surface area contributed by atoms with Crippen LogP contribution in [0.4, 0.5) is 5.69 Å². The van der Waals surface area contributed by atoms with E-state index in [0.29, 0.717) is 6.04 Å². The fourth-order valence-electron chi connectivity index (χ4n) is 3.75. The Morgan fingerprint density at radius 2 is 1.58 bits per heavy atom. The largest absolute Gasteiger partial charge is 0.381 e. The van der Waals surface area contributed by atoms with Crippen molar-refractivity contribution in [3.8, 4) is 0 Å². The van der Waals surface area contributed by atoms with Crippen LogP contribution in [0.5, 0.6) is 0 Å². The van der Waals surface area contributed by atoms with Crippen LogP contribution in [-0.4, -0.2) is 31.1 Å². The van der Waals surface area contributed by atoms with E-state index in [9.17, 15) is 0 Å². The second kappa shape index (κ2) is 10.2. The van der Waals surface area contributed by atoms with Gasteiger partial charge in [0.1, 0.15) is 0 Å². The Morgan fingerprint density at radius 1 is 0.923 bits per heavy atom. The molecular weight excluding hydrogens is 365 g/mol. The summed E-state index contributed by atoms with van der Waals surface area (Å²) in [7, 11) is 0. The molecule has 2 aromatic rings. The Balaban J connectivity index is 0.00000121. The van der Waals surface area contributed by atoms with E-state index in [-0.39, 0.29) is 24.8 Å². The van der Waals surface area contributed by atoms with E-state index in [0.717, 1.165) is 25.6 Å². The zero-order chi connectivity index (χ0) is 16.2. The third-order valence-electron chi connectivity index (χ3n) is 5.21. The lowest BCUT2D eigenvalue weighted by molar-refractivity contribution is 0.156. The van der Waals surface area contributed by atoms with Crippen LogP contribution in [-0.2, 0) is 6.54 Å². The van der Waals surface area contributed by atoms with Gasteiger partial charge in [-0.25, -0.2) is 0 Å². The fourth-order valence-corrected chi connectivity index (χ4v) is 3.75. The molecular formula is C21H29Cl2N3. The van der Waals surface area contributed by atoms with Gasteiger partial charge >= 0.3 is 0 Å². The molecule has 2 aliphatic rings. The van der Waals surface area contributed by atoms with Crippen LogP contribution >= 0.6 is 24.8 Å². The number of hydrogen-bond acceptors (Lipinski definition) is 3. The Labute approximate surface area is 169 Å². The molecule has 1 aliphatic carbocycles. The predicted molar refractivity (Wildman–Crippen MR) is 115 cm³/mol. The minimum atomic E-state index is 0. The van der Waals surface area contributed by atoms with Crippen LogP contribution in [0, 0.1) is 5.92 Å². The van der Waals surface area contributed by atoms with Gasteiger partial charge in [0.25, 0.3) is 0 Å². The first-order valence-electron chi connectivity index (χ1n) is 9.23. The van der Waals surface area contributed by atoms with Crippen molar-refractivity contribution in [3.05, 3.63) is 65.7 Å². The zero-order valence-electron chi connectivity index (χ0n) is 15.1. The molecule has 1 saturated carbocycles. The number of hydrogen-bond donors (Lipinski definition) is 2. The average molecular weight is 394 g/mol. The highest BCUT2D eigenvalue weighted by Crippen LogP contribution is 2.44. The summed E-state index contributed by atoms with van der Waals surface area (Å²) < 4.78 is 0. The number of benzene rings is 2. The van der Waals surface area contributed by atoms with Gasteiger partial charge in [0.2, 0.25) is 0 Å². The SMILES string of the molecule is Cl.Cl.c1ccc(CNc2ccc([C@H](C3CC3)N3CCNCC3)cc2)cc1. The van der Waals surface area contributed by atoms with Crippen molar-refractivity contribution in [1.29, 1.82) is 0 Å². The monoisotopic (exact) mass is 393 g/mol. The predicted octanol–water partition coefficient (Wildman–Crippen LogP) is 4.50. The third kappa shape index (κ3) is 5.37. The summed E-state index contributed by atoms with van der Waals surface area (Å²) in [6.45, 7) is 5.48. The molecule has 0 aromatic heterocycles. The van der Waals surface area contributed by atoms with E-state index in [1.165, 1.54) is 42.7 Å². The van der Waals surface area contributed by atoms with Crippen molar-refractivity contribution in [3.63, 3.8) is 0 Å². The molecule has 5 heteroatoms. The van der Waals surface area contributed by atoms with E-state index in [1.54, 1.807) is 0 Å². The summed E-state index contributed by atoms with van der Waals surface area (Å²) in [5.74, 6) is 0.867. The lowest BCUT2D eigenvalue weighted by Crippen LogP contribution is -2.45. The summed E-state index contributed by atoms with van der Waals surface area (Å²) in [5.41, 5.74) is 4.01. The number of halogens is 2. The molecule has 2 N–H and O–H groups in total. The highest BCUT2D eigenvalue weighted by Gasteiger charge is 2.36. The lowest BCUT2D eigenvalue weighted by atomic mass is 9.99. The summed E-state index contributed by atoms with van der Waals surface area (Å²) in [4.78, 5) is 2.68. The minimum absolute atomic E-state index is 0. The Hall–Kier alpha value is -1.26. The first kappa shape index (κ1) is 21.0. The average Bonchev–Trinajstić information content (AvgIpc) is 3.48. The van der Waals surface area contributed by atoms with E-state index in [2.05, 4.69) is 70.1 Å². The second-order valence-electron chi connectivity index (χ2n) is 7.03. The molecule has 1 heterocycles. The molecule has 26 heavy (non-hydrogen) atoms. The topological polar surface area (TPSA) is 27.3 Å². The van der Waals surface area contributed by atoms with Gasteiger partial charge in [-0.3, -0.25) is 4.90 Å². The first-order valence-corrected chi connectivity index (χ1v) is 9.23. The van der Waals surface area contributed by atoms with Gasteiger partial charge in [-0.05, 0) is 42.0 Å². The van der Waals surface area contributed by atoms with E-state index in [4.69, 9.17) is 0 Å². The molecule has 2 aromatic carbocycles. The fraction of sp³-hybridized carbons (Fsp3) is 0.429. The quantitative estimate of drug-likeness (QED) is 0.756. The number of anilines is 1. The number of rotatable bonds is 6. The molecule has 1 saturated heterocycles. The Kier molecular flexibility index (Phi) is 8.23. The highest BCUT2D eigenvalue weighted by atomic mass is 35.5. The molecule has 0 radical (unpaired) electrons. The molecule has 4 rings (SSSR count). The summed E-state index contributed by atoms with van der Waals surface area (Å²) >= 11 is 0. The smallest absolute Gasteiger partial charge is 0.0400 e. The molecule has 1 aliphatic heterocycles. The van der Waals surface area contributed by atoms with Crippen LogP contribution in [0.3, 0.4) is 0 Å². The minimum Gasteiger partial charge on any atom is -0.381 e. The van der Waals surface area contributed by atoms with Crippen LogP contribution in [0.25, 0.3) is 0 Å². The van der Waals surface area contributed by atoms with E-state index < -0.39 is 0 Å². The van der Waals surface area contributed by atoms with E-state index in [1.807, 2.05) is 0 Å². The summed E-state index contributed by atoms with van der Waals surface area (Å²) in [5, 5.41) is 7.00. The maximum atomic E-state index is 3.53. The number of nitrogens with one attached hydrogen (secondary N) is 2. The number of piperazine rings is 1. The molecule has 0 amide bonds. The van der Waals surface area contributed by atoms with Crippen LogP contribution in [0.15, 0.2) is 54.6 Å². The van der Waals surface area contributed by atoms with Gasteiger partial charge in [0.05, 0.1) is 0 Å². The first-order chi connectivity index (χ1) is 11.9. The summed E-state index contributed by atoms with van der Waals surface area (Å²) in [6.07, 6.45) is 2.78. The molecule has 1 atom stereocenters. The second-order valence-corrected chi connectivity index (χ2v) is 7.03. The zero-order valence-corrected chi connectivity index (χ0v) is 16.7.